The van der Waals surface area contributed by atoms with Gasteiger partial charge in [-0.15, -0.1) is 12.4 Å². The third-order valence-electron chi connectivity index (χ3n) is 0.902. The third kappa shape index (κ3) is 8.41. The lowest BCUT2D eigenvalue weighted by molar-refractivity contribution is -0.111. The van der Waals surface area contributed by atoms with E-state index >= 15 is 0 Å². The van der Waals surface area contributed by atoms with E-state index in [2.05, 4.69) is 13.6 Å². The molecule has 0 fully saturated rings. The van der Waals surface area contributed by atoms with Gasteiger partial charge < -0.3 is 14.4 Å². The number of phosphoric ester groups is 1. The van der Waals surface area contributed by atoms with Crippen molar-refractivity contribution < 1.29 is 32.5 Å². The van der Waals surface area contributed by atoms with E-state index in [1.165, 1.54) is 0 Å². The number of phosphoric acid groups is 1. The SMILES string of the molecule is Cl.O=CCOP(=O)(OCC=O)OCC=O. The highest BCUT2D eigenvalue weighted by Gasteiger charge is 2.26. The molecule has 0 spiro atoms. The van der Waals surface area contributed by atoms with E-state index < -0.39 is 27.6 Å². The fourth-order valence-corrected chi connectivity index (χ4v) is 1.43. The molecule has 0 unspecified atom stereocenters. The number of carbonyl (C=O) groups is 3. The van der Waals surface area contributed by atoms with Gasteiger partial charge in [-0.2, -0.15) is 0 Å². The number of rotatable bonds is 9. The van der Waals surface area contributed by atoms with E-state index in [4.69, 9.17) is 0 Å². The first-order valence-electron chi connectivity index (χ1n) is 3.53. The Hall–Kier alpha value is -0.590. The minimum Gasteiger partial charge on any atom is -0.301 e. The molecule has 0 aromatic rings. The van der Waals surface area contributed by atoms with Crippen LogP contribution < -0.4 is 0 Å². The Morgan fingerprint density at radius 3 is 1.27 bits per heavy atom. The molecule has 0 aliphatic heterocycles. The van der Waals surface area contributed by atoms with E-state index in [9.17, 15) is 18.9 Å². The van der Waals surface area contributed by atoms with Gasteiger partial charge in [0.25, 0.3) is 0 Å². The molecule has 0 saturated heterocycles. The van der Waals surface area contributed by atoms with Gasteiger partial charge in [-0.1, -0.05) is 0 Å². The molecule has 0 heterocycles. The molecule has 0 radical (unpaired) electrons. The quantitative estimate of drug-likeness (QED) is 0.430. The summed E-state index contributed by atoms with van der Waals surface area (Å²) in [6, 6.07) is 0. The fourth-order valence-electron chi connectivity index (χ4n) is 0.477. The average Bonchev–Trinajstić information content (AvgIpc) is 2.21. The summed E-state index contributed by atoms with van der Waals surface area (Å²) >= 11 is 0. The van der Waals surface area contributed by atoms with Gasteiger partial charge in [-0.25, -0.2) is 4.57 Å². The summed E-state index contributed by atoms with van der Waals surface area (Å²) in [5, 5.41) is 0. The van der Waals surface area contributed by atoms with Crippen molar-refractivity contribution >= 4 is 39.1 Å². The molecule has 0 aromatic carbocycles. The Morgan fingerprint density at radius 1 is 0.800 bits per heavy atom. The van der Waals surface area contributed by atoms with Crippen LogP contribution in [0.4, 0.5) is 0 Å². The molecule has 0 amide bonds. The molecule has 88 valence electrons. The average molecular weight is 261 g/mol. The van der Waals surface area contributed by atoms with Gasteiger partial charge in [0, 0.05) is 0 Å². The lowest BCUT2D eigenvalue weighted by Gasteiger charge is -2.13. The van der Waals surface area contributed by atoms with Gasteiger partial charge in [-0.05, 0) is 0 Å². The summed E-state index contributed by atoms with van der Waals surface area (Å²) in [5.41, 5.74) is 0. The molecule has 0 saturated carbocycles. The minimum absolute atomic E-state index is 0. The first kappa shape index (κ1) is 16.8. The maximum Gasteiger partial charge on any atom is 0.476 e. The number of carbonyl (C=O) groups excluding carboxylic acids is 3. The van der Waals surface area contributed by atoms with Crippen LogP contribution in [0.1, 0.15) is 0 Å². The highest BCUT2D eigenvalue weighted by molar-refractivity contribution is 7.48. The summed E-state index contributed by atoms with van der Waals surface area (Å²) in [6.07, 6.45) is 1.00. The van der Waals surface area contributed by atoms with E-state index in [0.717, 1.165) is 0 Å². The van der Waals surface area contributed by atoms with Crippen molar-refractivity contribution in [1.29, 1.82) is 0 Å². The zero-order valence-electron chi connectivity index (χ0n) is 7.57. The first-order chi connectivity index (χ1) is 6.68. The standard InChI is InChI=1S/C6H9O7P.ClH/c7-1-4-11-14(10,12-5-2-8)13-6-3-9;/h1-3H,4-6H2;1H. The van der Waals surface area contributed by atoms with Crippen molar-refractivity contribution in [2.24, 2.45) is 0 Å². The maximum atomic E-state index is 11.3. The summed E-state index contributed by atoms with van der Waals surface area (Å²) < 4.78 is 24.6. The number of aldehydes is 3. The predicted molar refractivity (Wildman–Crippen MR) is 50.9 cm³/mol. The molecule has 0 bridgehead atoms. The number of halogens is 1. The second-order valence-electron chi connectivity index (χ2n) is 1.83. The van der Waals surface area contributed by atoms with Crippen LogP contribution in [-0.4, -0.2) is 38.7 Å². The highest BCUT2D eigenvalue weighted by atomic mass is 35.5. The normalized spacial score (nSPS) is 10.1. The van der Waals surface area contributed by atoms with Crippen LogP contribution >= 0.6 is 20.2 Å². The van der Waals surface area contributed by atoms with Crippen molar-refractivity contribution in [2.75, 3.05) is 19.8 Å². The third-order valence-corrected chi connectivity index (χ3v) is 2.30. The topological polar surface area (TPSA) is 96.0 Å². The predicted octanol–water partition coefficient (Wildman–Crippen LogP) is 0.163. The van der Waals surface area contributed by atoms with Crippen LogP contribution in [0, 0.1) is 0 Å². The van der Waals surface area contributed by atoms with Crippen LogP contribution in [0.5, 0.6) is 0 Å². The molecule has 0 aliphatic rings. The van der Waals surface area contributed by atoms with Crippen molar-refractivity contribution in [1.82, 2.24) is 0 Å². The maximum absolute atomic E-state index is 11.3. The monoisotopic (exact) mass is 260 g/mol. The van der Waals surface area contributed by atoms with Gasteiger partial charge >= 0.3 is 7.82 Å². The molecule has 0 aromatic heterocycles. The minimum atomic E-state index is -3.96. The van der Waals surface area contributed by atoms with Gasteiger partial charge in [0.05, 0.1) is 0 Å². The largest absolute Gasteiger partial charge is 0.476 e. The highest BCUT2D eigenvalue weighted by Crippen LogP contribution is 2.48. The lowest BCUT2D eigenvalue weighted by atomic mass is 10.9. The van der Waals surface area contributed by atoms with Crippen LogP contribution in [0.25, 0.3) is 0 Å². The number of hydrogen-bond acceptors (Lipinski definition) is 7. The second kappa shape index (κ2) is 9.95. The van der Waals surface area contributed by atoms with E-state index in [1.54, 1.807) is 0 Å². The first-order valence-corrected chi connectivity index (χ1v) is 4.99. The lowest BCUT2D eigenvalue weighted by Crippen LogP contribution is -2.05. The molecule has 9 heteroatoms. The zero-order valence-corrected chi connectivity index (χ0v) is 9.28. The van der Waals surface area contributed by atoms with Gasteiger partial charge in [0.2, 0.25) is 0 Å². The Kier molecular flexibility index (Phi) is 11.2. The smallest absolute Gasteiger partial charge is 0.301 e. The second-order valence-corrected chi connectivity index (χ2v) is 3.50. The van der Waals surface area contributed by atoms with Crippen molar-refractivity contribution in [3.05, 3.63) is 0 Å². The Balaban J connectivity index is 0. The summed E-state index contributed by atoms with van der Waals surface area (Å²) in [7, 11) is -3.96. The van der Waals surface area contributed by atoms with Crippen LogP contribution in [-0.2, 0) is 32.5 Å². The van der Waals surface area contributed by atoms with E-state index in [1.807, 2.05) is 0 Å². The zero-order chi connectivity index (χ0) is 10.9. The van der Waals surface area contributed by atoms with Gasteiger partial charge in [-0.3, -0.25) is 13.6 Å². The molecule has 0 N–H and O–H groups in total. The molecular formula is C6H10ClO7P. The summed E-state index contributed by atoms with van der Waals surface area (Å²) in [5.74, 6) is 0. The molecule has 15 heavy (non-hydrogen) atoms. The molecular weight excluding hydrogens is 250 g/mol. The fraction of sp³-hybridized carbons (Fsp3) is 0.500. The Bertz CT molecular complexity index is 206. The van der Waals surface area contributed by atoms with Gasteiger partial charge in [0.1, 0.15) is 38.7 Å². The molecule has 0 aliphatic carbocycles. The van der Waals surface area contributed by atoms with E-state index in [-0.39, 0.29) is 12.4 Å². The Morgan fingerprint density at radius 2 is 1.07 bits per heavy atom. The summed E-state index contributed by atoms with van der Waals surface area (Å²) in [6.45, 7) is -1.51. The van der Waals surface area contributed by atoms with Gasteiger partial charge in [0.15, 0.2) is 0 Å². The van der Waals surface area contributed by atoms with Crippen LogP contribution in [0.3, 0.4) is 0 Å². The Labute approximate surface area is 92.1 Å². The number of hydrogen-bond donors (Lipinski definition) is 0. The van der Waals surface area contributed by atoms with Crippen molar-refractivity contribution in [3.8, 4) is 0 Å². The van der Waals surface area contributed by atoms with Crippen LogP contribution in [0.2, 0.25) is 0 Å². The summed E-state index contributed by atoms with van der Waals surface area (Å²) in [4.78, 5) is 29.7. The molecule has 0 atom stereocenters. The molecule has 0 rings (SSSR count). The van der Waals surface area contributed by atoms with Crippen molar-refractivity contribution in [3.63, 3.8) is 0 Å². The van der Waals surface area contributed by atoms with E-state index in [0.29, 0.717) is 18.9 Å². The van der Waals surface area contributed by atoms with Crippen LogP contribution in [0.15, 0.2) is 0 Å². The van der Waals surface area contributed by atoms with Crippen molar-refractivity contribution in [2.45, 2.75) is 0 Å². The molecule has 7 nitrogen and oxygen atoms in total.